The van der Waals surface area contributed by atoms with E-state index in [9.17, 15) is 0 Å². The van der Waals surface area contributed by atoms with Crippen molar-refractivity contribution in [1.29, 1.82) is 0 Å². The molecular weight excluding hydrogens is 380 g/mol. The summed E-state index contributed by atoms with van der Waals surface area (Å²) < 4.78 is 13.8. The molecular formula is C24H30N2O2S. The second-order valence-electron chi connectivity index (χ2n) is 7.81. The van der Waals surface area contributed by atoms with Gasteiger partial charge in [-0.25, -0.2) is 4.98 Å². The lowest BCUT2D eigenvalue weighted by atomic mass is 10.1. The first-order valence-corrected chi connectivity index (χ1v) is 11.5. The largest absolute Gasteiger partial charge is 0.494 e. The van der Waals surface area contributed by atoms with Crippen LogP contribution in [0.1, 0.15) is 49.3 Å². The van der Waals surface area contributed by atoms with Crippen LogP contribution in [0.5, 0.6) is 5.75 Å². The van der Waals surface area contributed by atoms with Gasteiger partial charge >= 0.3 is 0 Å². The van der Waals surface area contributed by atoms with Gasteiger partial charge < -0.3 is 14.4 Å². The van der Waals surface area contributed by atoms with Gasteiger partial charge in [-0.15, -0.1) is 11.3 Å². The third kappa shape index (κ3) is 5.16. The molecule has 5 heteroatoms. The number of thiazole rings is 1. The highest BCUT2D eigenvalue weighted by Gasteiger charge is 2.26. The Labute approximate surface area is 177 Å². The Bertz CT molecular complexity index is 885. The number of nitrogens with zero attached hydrogens (tertiary/aromatic N) is 2. The standard InChI is InChI=1S/C24H30N2O2S/c1-3-4-16-27-20-9-7-8-18(17-20)23(28-19-12-14-26(2)15-13-19)24-25-21-10-5-6-11-22(21)29-24/h5-11,17,19,23H,3-4,12-16H2,1-2H3. The Hall–Kier alpha value is -1.95. The van der Waals surface area contributed by atoms with E-state index in [1.807, 2.05) is 12.1 Å². The molecule has 0 N–H and O–H groups in total. The number of benzene rings is 2. The number of ether oxygens (including phenoxy) is 2. The molecule has 1 aliphatic heterocycles. The van der Waals surface area contributed by atoms with Crippen molar-refractivity contribution in [1.82, 2.24) is 9.88 Å². The van der Waals surface area contributed by atoms with Crippen molar-refractivity contribution >= 4 is 21.6 Å². The number of rotatable bonds is 8. The van der Waals surface area contributed by atoms with Crippen LogP contribution in [-0.2, 0) is 4.74 Å². The van der Waals surface area contributed by atoms with Crippen LogP contribution >= 0.6 is 11.3 Å². The number of aromatic nitrogens is 1. The van der Waals surface area contributed by atoms with E-state index in [0.29, 0.717) is 0 Å². The normalized spacial score (nSPS) is 16.9. The monoisotopic (exact) mass is 410 g/mol. The summed E-state index contributed by atoms with van der Waals surface area (Å²) in [4.78, 5) is 7.29. The Kier molecular flexibility index (Phi) is 6.80. The molecule has 1 saturated heterocycles. The topological polar surface area (TPSA) is 34.6 Å². The summed E-state index contributed by atoms with van der Waals surface area (Å²) in [6.07, 6.45) is 4.42. The van der Waals surface area contributed by atoms with Crippen LogP contribution in [0.3, 0.4) is 0 Å². The minimum Gasteiger partial charge on any atom is -0.494 e. The quantitative estimate of drug-likeness (QED) is 0.448. The molecule has 154 valence electrons. The van der Waals surface area contributed by atoms with Crippen LogP contribution in [0.2, 0.25) is 0 Å². The van der Waals surface area contributed by atoms with E-state index in [-0.39, 0.29) is 12.2 Å². The SMILES string of the molecule is CCCCOc1cccc(C(OC2CCN(C)CC2)c2nc3ccccc3s2)c1. The van der Waals surface area contributed by atoms with Crippen molar-refractivity contribution in [3.63, 3.8) is 0 Å². The van der Waals surface area contributed by atoms with Crippen LogP contribution in [-0.4, -0.2) is 42.7 Å². The Balaban J connectivity index is 1.61. The fourth-order valence-electron chi connectivity index (χ4n) is 3.70. The average Bonchev–Trinajstić information content (AvgIpc) is 3.17. The van der Waals surface area contributed by atoms with E-state index in [4.69, 9.17) is 14.5 Å². The highest BCUT2D eigenvalue weighted by Crippen LogP contribution is 2.36. The summed E-state index contributed by atoms with van der Waals surface area (Å²) in [6, 6.07) is 16.7. The predicted molar refractivity (Wildman–Crippen MR) is 120 cm³/mol. The van der Waals surface area contributed by atoms with E-state index in [2.05, 4.69) is 55.3 Å². The predicted octanol–water partition coefficient (Wildman–Crippen LogP) is 5.68. The van der Waals surface area contributed by atoms with Gasteiger partial charge in [0.1, 0.15) is 16.9 Å². The zero-order valence-electron chi connectivity index (χ0n) is 17.3. The molecule has 29 heavy (non-hydrogen) atoms. The molecule has 2 heterocycles. The summed E-state index contributed by atoms with van der Waals surface area (Å²) in [5, 5.41) is 1.02. The summed E-state index contributed by atoms with van der Waals surface area (Å²) >= 11 is 1.73. The lowest BCUT2D eigenvalue weighted by molar-refractivity contribution is -0.0235. The number of piperidine rings is 1. The third-order valence-electron chi connectivity index (χ3n) is 5.46. The van der Waals surface area contributed by atoms with Crippen molar-refractivity contribution in [3.05, 3.63) is 59.1 Å². The van der Waals surface area contributed by atoms with Gasteiger partial charge in [0.2, 0.25) is 0 Å². The van der Waals surface area contributed by atoms with Gasteiger partial charge in [0.05, 0.1) is 22.9 Å². The second-order valence-corrected chi connectivity index (χ2v) is 8.88. The first-order chi connectivity index (χ1) is 14.2. The summed E-state index contributed by atoms with van der Waals surface area (Å²) in [5.41, 5.74) is 2.16. The Morgan fingerprint density at radius 2 is 1.97 bits per heavy atom. The van der Waals surface area contributed by atoms with Crippen molar-refractivity contribution in [2.24, 2.45) is 0 Å². The molecule has 1 fully saturated rings. The van der Waals surface area contributed by atoms with Crippen LogP contribution in [0, 0.1) is 0 Å². The maximum atomic E-state index is 6.69. The van der Waals surface area contributed by atoms with Crippen LogP contribution < -0.4 is 4.74 Å². The molecule has 0 amide bonds. The Morgan fingerprint density at radius 3 is 2.76 bits per heavy atom. The lowest BCUT2D eigenvalue weighted by Gasteiger charge is -2.31. The molecule has 0 radical (unpaired) electrons. The number of para-hydroxylation sites is 1. The first-order valence-electron chi connectivity index (χ1n) is 10.6. The molecule has 0 bridgehead atoms. The number of likely N-dealkylation sites (tertiary alicyclic amines) is 1. The van der Waals surface area contributed by atoms with Gasteiger partial charge in [-0.2, -0.15) is 0 Å². The fourth-order valence-corrected chi connectivity index (χ4v) is 4.73. The minimum absolute atomic E-state index is 0.157. The molecule has 4 rings (SSSR count). The van der Waals surface area contributed by atoms with E-state index in [0.717, 1.165) is 67.2 Å². The fraction of sp³-hybridized carbons (Fsp3) is 0.458. The maximum Gasteiger partial charge on any atom is 0.135 e. The maximum absolute atomic E-state index is 6.69. The Morgan fingerprint density at radius 1 is 1.14 bits per heavy atom. The second kappa shape index (κ2) is 9.70. The summed E-state index contributed by atoms with van der Waals surface area (Å²) in [7, 11) is 2.18. The van der Waals surface area contributed by atoms with Gasteiger partial charge in [-0.3, -0.25) is 0 Å². The molecule has 4 nitrogen and oxygen atoms in total. The van der Waals surface area contributed by atoms with Crippen molar-refractivity contribution in [2.75, 3.05) is 26.7 Å². The molecule has 1 aliphatic rings. The molecule has 2 aromatic carbocycles. The molecule has 0 aliphatic carbocycles. The molecule has 0 spiro atoms. The zero-order valence-corrected chi connectivity index (χ0v) is 18.2. The first kappa shape index (κ1) is 20.3. The molecule has 3 aromatic rings. The van der Waals surface area contributed by atoms with Crippen LogP contribution in [0.25, 0.3) is 10.2 Å². The average molecular weight is 411 g/mol. The van der Waals surface area contributed by atoms with Crippen molar-refractivity contribution < 1.29 is 9.47 Å². The van der Waals surface area contributed by atoms with E-state index in [1.54, 1.807) is 11.3 Å². The summed E-state index contributed by atoms with van der Waals surface area (Å²) in [6.45, 7) is 5.09. The third-order valence-corrected chi connectivity index (χ3v) is 6.54. The van der Waals surface area contributed by atoms with Crippen molar-refractivity contribution in [3.8, 4) is 5.75 Å². The molecule has 0 saturated carbocycles. The molecule has 1 unspecified atom stereocenters. The van der Waals surface area contributed by atoms with E-state index in [1.165, 1.54) is 4.70 Å². The van der Waals surface area contributed by atoms with Gasteiger partial charge in [0.25, 0.3) is 0 Å². The number of hydrogen-bond acceptors (Lipinski definition) is 5. The van der Waals surface area contributed by atoms with Gasteiger partial charge in [0, 0.05) is 13.1 Å². The molecule has 1 aromatic heterocycles. The lowest BCUT2D eigenvalue weighted by Crippen LogP contribution is -2.35. The van der Waals surface area contributed by atoms with E-state index >= 15 is 0 Å². The van der Waals surface area contributed by atoms with Crippen molar-refractivity contribution in [2.45, 2.75) is 44.8 Å². The highest BCUT2D eigenvalue weighted by molar-refractivity contribution is 7.18. The molecule has 1 atom stereocenters. The minimum atomic E-state index is -0.157. The highest BCUT2D eigenvalue weighted by atomic mass is 32.1. The number of hydrogen-bond donors (Lipinski definition) is 0. The van der Waals surface area contributed by atoms with Gasteiger partial charge in [-0.1, -0.05) is 37.6 Å². The van der Waals surface area contributed by atoms with Gasteiger partial charge in [-0.05, 0) is 56.1 Å². The smallest absolute Gasteiger partial charge is 0.135 e. The van der Waals surface area contributed by atoms with Crippen LogP contribution in [0.4, 0.5) is 0 Å². The number of unbranched alkanes of at least 4 members (excludes halogenated alkanes) is 1. The summed E-state index contributed by atoms with van der Waals surface area (Å²) in [5.74, 6) is 0.911. The van der Waals surface area contributed by atoms with Crippen LogP contribution in [0.15, 0.2) is 48.5 Å². The van der Waals surface area contributed by atoms with Gasteiger partial charge in [0.15, 0.2) is 0 Å². The zero-order chi connectivity index (χ0) is 20.1. The number of fused-ring (bicyclic) bond motifs is 1. The van der Waals surface area contributed by atoms with E-state index < -0.39 is 0 Å².